The molecule has 0 aliphatic heterocycles. The van der Waals surface area contributed by atoms with Gasteiger partial charge >= 0.3 is 6.18 Å². The Hall–Kier alpha value is -1.14. The molecular formula is C11H8F3NS2. The second-order valence-electron chi connectivity index (χ2n) is 3.55. The van der Waals surface area contributed by atoms with E-state index in [0.29, 0.717) is 9.52 Å². The summed E-state index contributed by atoms with van der Waals surface area (Å²) in [5.41, 5.74) is 0.683. The molecule has 6 heteroatoms. The first-order valence-corrected chi connectivity index (χ1v) is 5.98. The molecule has 0 aliphatic rings. The molecule has 1 aromatic carbocycles. The molecule has 90 valence electrons. The topological polar surface area (TPSA) is 15.8 Å². The number of H-pyrrole nitrogens is 1. The number of aromatic amines is 1. The van der Waals surface area contributed by atoms with Gasteiger partial charge in [-0.25, -0.2) is 0 Å². The summed E-state index contributed by atoms with van der Waals surface area (Å²) >= 11 is 6.25. The van der Waals surface area contributed by atoms with Crippen molar-refractivity contribution in [3.63, 3.8) is 0 Å². The van der Waals surface area contributed by atoms with Gasteiger partial charge in [-0.1, -0.05) is 12.1 Å². The highest BCUT2D eigenvalue weighted by Gasteiger charge is 2.30. The molecule has 2 aromatic rings. The molecular weight excluding hydrogens is 267 g/mol. The molecule has 0 fully saturated rings. The van der Waals surface area contributed by atoms with Crippen LogP contribution in [0.1, 0.15) is 11.3 Å². The summed E-state index contributed by atoms with van der Waals surface area (Å²) in [5.74, 6) is 0. The Bertz CT molecular complexity index is 595. The number of aryl methyl sites for hydroxylation is 1. The van der Waals surface area contributed by atoms with Gasteiger partial charge in [0.05, 0.1) is 10.4 Å². The van der Waals surface area contributed by atoms with E-state index in [2.05, 4.69) is 4.98 Å². The first-order valence-electron chi connectivity index (χ1n) is 4.75. The molecule has 1 N–H and O–H groups in total. The van der Waals surface area contributed by atoms with Gasteiger partial charge in [-0.05, 0) is 36.8 Å². The van der Waals surface area contributed by atoms with Crippen molar-refractivity contribution in [2.24, 2.45) is 0 Å². The van der Waals surface area contributed by atoms with E-state index in [0.717, 1.165) is 22.7 Å². The SMILES string of the molecule is Cc1[nH]c(=S)sc1-c1cccc(C(F)(F)F)c1. The number of halogens is 3. The highest BCUT2D eigenvalue weighted by Crippen LogP contribution is 2.34. The Morgan fingerprint density at radius 3 is 2.53 bits per heavy atom. The van der Waals surface area contributed by atoms with E-state index < -0.39 is 11.7 Å². The van der Waals surface area contributed by atoms with Crippen molar-refractivity contribution in [2.75, 3.05) is 0 Å². The minimum Gasteiger partial charge on any atom is -0.341 e. The van der Waals surface area contributed by atoms with Crippen LogP contribution < -0.4 is 0 Å². The van der Waals surface area contributed by atoms with Gasteiger partial charge in [-0.2, -0.15) is 13.2 Å². The van der Waals surface area contributed by atoms with E-state index in [1.165, 1.54) is 17.4 Å². The number of thiazole rings is 1. The number of alkyl halides is 3. The smallest absolute Gasteiger partial charge is 0.341 e. The van der Waals surface area contributed by atoms with Gasteiger partial charge in [0.2, 0.25) is 0 Å². The molecule has 0 saturated heterocycles. The average Bonchev–Trinajstić information content (AvgIpc) is 2.57. The highest BCUT2D eigenvalue weighted by atomic mass is 32.1. The fraction of sp³-hybridized carbons (Fsp3) is 0.182. The summed E-state index contributed by atoms with van der Waals surface area (Å²) in [7, 11) is 0. The largest absolute Gasteiger partial charge is 0.416 e. The van der Waals surface area contributed by atoms with Crippen molar-refractivity contribution >= 4 is 23.6 Å². The third-order valence-corrected chi connectivity index (χ3v) is 3.66. The van der Waals surface area contributed by atoms with Crippen LogP contribution in [-0.4, -0.2) is 4.98 Å². The summed E-state index contributed by atoms with van der Waals surface area (Å²) in [5, 5.41) is 0. The van der Waals surface area contributed by atoms with Crippen LogP contribution in [0, 0.1) is 10.9 Å². The van der Waals surface area contributed by atoms with Crippen LogP contribution in [0.2, 0.25) is 0 Å². The van der Waals surface area contributed by atoms with E-state index in [9.17, 15) is 13.2 Å². The zero-order valence-electron chi connectivity index (χ0n) is 8.76. The van der Waals surface area contributed by atoms with Gasteiger partial charge < -0.3 is 4.98 Å². The lowest BCUT2D eigenvalue weighted by atomic mass is 10.1. The summed E-state index contributed by atoms with van der Waals surface area (Å²) in [6.07, 6.45) is -4.32. The molecule has 17 heavy (non-hydrogen) atoms. The maximum atomic E-state index is 12.6. The van der Waals surface area contributed by atoms with Gasteiger partial charge in [0, 0.05) is 5.69 Å². The Morgan fingerprint density at radius 1 is 1.29 bits per heavy atom. The number of aromatic nitrogens is 1. The lowest BCUT2D eigenvalue weighted by Crippen LogP contribution is -2.04. The van der Waals surface area contributed by atoms with Crippen molar-refractivity contribution in [3.05, 3.63) is 39.5 Å². The predicted octanol–water partition coefficient (Wildman–Crippen LogP) is 4.80. The molecule has 0 aliphatic carbocycles. The third kappa shape index (κ3) is 2.58. The zero-order valence-corrected chi connectivity index (χ0v) is 10.4. The summed E-state index contributed by atoms with van der Waals surface area (Å²) in [6.45, 7) is 1.79. The lowest BCUT2D eigenvalue weighted by molar-refractivity contribution is -0.137. The number of hydrogen-bond donors (Lipinski definition) is 1. The molecule has 1 heterocycles. The summed E-state index contributed by atoms with van der Waals surface area (Å²) in [6, 6.07) is 5.25. The molecule has 0 saturated carbocycles. The minimum atomic E-state index is -4.32. The van der Waals surface area contributed by atoms with Crippen LogP contribution in [-0.2, 0) is 6.18 Å². The highest BCUT2D eigenvalue weighted by molar-refractivity contribution is 7.73. The molecule has 0 atom stereocenters. The molecule has 1 nitrogen and oxygen atoms in total. The molecule has 2 rings (SSSR count). The summed E-state index contributed by atoms with van der Waals surface area (Å²) < 4.78 is 38.3. The average molecular weight is 275 g/mol. The van der Waals surface area contributed by atoms with Crippen molar-refractivity contribution in [1.29, 1.82) is 0 Å². The van der Waals surface area contributed by atoms with Crippen LogP contribution in [0.15, 0.2) is 24.3 Å². The molecule has 0 radical (unpaired) electrons. The van der Waals surface area contributed by atoms with Crippen LogP contribution in [0.3, 0.4) is 0 Å². The fourth-order valence-electron chi connectivity index (χ4n) is 1.52. The third-order valence-electron chi connectivity index (χ3n) is 2.28. The second-order valence-corrected chi connectivity index (χ2v) is 5.23. The van der Waals surface area contributed by atoms with E-state index in [4.69, 9.17) is 12.2 Å². The van der Waals surface area contributed by atoms with Crippen LogP contribution in [0.25, 0.3) is 10.4 Å². The van der Waals surface area contributed by atoms with Gasteiger partial charge in [0.1, 0.15) is 0 Å². The molecule has 0 spiro atoms. The number of nitrogens with one attached hydrogen (secondary N) is 1. The van der Waals surface area contributed by atoms with Crippen molar-refractivity contribution in [1.82, 2.24) is 4.98 Å². The van der Waals surface area contributed by atoms with E-state index in [1.807, 2.05) is 0 Å². The standard InChI is InChI=1S/C11H8F3NS2/c1-6-9(17-10(16)15-6)7-3-2-4-8(5-7)11(12,13)14/h2-5H,1H3,(H,15,16). The van der Waals surface area contributed by atoms with Crippen LogP contribution in [0.4, 0.5) is 13.2 Å². The quantitative estimate of drug-likeness (QED) is 0.739. The number of rotatable bonds is 1. The Labute approximate surface area is 105 Å². The zero-order chi connectivity index (χ0) is 12.6. The Kier molecular flexibility index (Phi) is 3.09. The molecule has 0 amide bonds. The normalized spacial score (nSPS) is 11.8. The van der Waals surface area contributed by atoms with Crippen molar-refractivity contribution in [3.8, 4) is 10.4 Å². The van der Waals surface area contributed by atoms with E-state index >= 15 is 0 Å². The van der Waals surface area contributed by atoms with Crippen molar-refractivity contribution in [2.45, 2.75) is 13.1 Å². The first kappa shape index (κ1) is 12.3. The van der Waals surface area contributed by atoms with Crippen molar-refractivity contribution < 1.29 is 13.2 Å². The van der Waals surface area contributed by atoms with Crippen LogP contribution >= 0.6 is 23.6 Å². The van der Waals surface area contributed by atoms with Gasteiger partial charge in [-0.15, -0.1) is 11.3 Å². The molecule has 1 aromatic heterocycles. The van der Waals surface area contributed by atoms with Crippen LogP contribution in [0.5, 0.6) is 0 Å². The molecule has 0 unspecified atom stereocenters. The van der Waals surface area contributed by atoms with E-state index in [-0.39, 0.29) is 0 Å². The lowest BCUT2D eigenvalue weighted by Gasteiger charge is -2.08. The van der Waals surface area contributed by atoms with Gasteiger partial charge in [-0.3, -0.25) is 0 Å². The van der Waals surface area contributed by atoms with Gasteiger partial charge in [0.15, 0.2) is 3.95 Å². The predicted molar refractivity (Wildman–Crippen MR) is 64.7 cm³/mol. The van der Waals surface area contributed by atoms with E-state index in [1.54, 1.807) is 13.0 Å². The molecule has 0 bridgehead atoms. The summed E-state index contributed by atoms with van der Waals surface area (Å²) in [4.78, 5) is 3.67. The number of hydrogen-bond acceptors (Lipinski definition) is 2. The second kappa shape index (κ2) is 4.27. The minimum absolute atomic E-state index is 0.537. The Morgan fingerprint density at radius 2 is 2.00 bits per heavy atom. The fourth-order valence-corrected chi connectivity index (χ4v) is 2.76. The maximum absolute atomic E-state index is 12.6. The maximum Gasteiger partial charge on any atom is 0.416 e. The first-order chi connectivity index (χ1) is 7.88. The monoisotopic (exact) mass is 275 g/mol. The Balaban J connectivity index is 2.54. The number of benzene rings is 1. The van der Waals surface area contributed by atoms with Gasteiger partial charge in [0.25, 0.3) is 0 Å².